The van der Waals surface area contributed by atoms with E-state index >= 15 is 0 Å². The van der Waals surface area contributed by atoms with Crippen LogP contribution in [0, 0.1) is 0 Å². The van der Waals surface area contributed by atoms with Crippen LogP contribution in [0.15, 0.2) is 47.6 Å². The van der Waals surface area contributed by atoms with Crippen molar-refractivity contribution in [3.8, 4) is 5.75 Å². The van der Waals surface area contributed by atoms with Gasteiger partial charge in [-0.3, -0.25) is 0 Å². The maximum absolute atomic E-state index is 11.7. The Kier molecular flexibility index (Phi) is 6.32. The molecule has 126 valence electrons. The topological polar surface area (TPSA) is 86.8 Å². The molecule has 0 aliphatic carbocycles. The molecule has 2 aromatic rings. The molecule has 0 spiro atoms. The monoisotopic (exact) mass is 348 g/mol. The zero-order valence-corrected chi connectivity index (χ0v) is 14.0. The molecule has 0 radical (unpaired) electrons. The number of ether oxygens (including phenoxy) is 3. The Hall–Kier alpha value is -2.87. The highest BCUT2D eigenvalue weighted by atomic mass is 32.1. The Balaban J connectivity index is 2.01. The van der Waals surface area contributed by atoms with Crippen molar-refractivity contribution in [3.63, 3.8) is 0 Å². The number of hydrogen-bond acceptors (Lipinski definition) is 8. The van der Waals surface area contributed by atoms with Gasteiger partial charge in [0.2, 0.25) is 0 Å². The fraction of sp³-hybridized carbons (Fsp3) is 0.188. The lowest BCUT2D eigenvalue weighted by Crippen LogP contribution is -2.15. The molecule has 0 unspecified atom stereocenters. The van der Waals surface area contributed by atoms with Crippen molar-refractivity contribution >= 4 is 29.0 Å². The number of aromatic nitrogens is 1. The lowest BCUT2D eigenvalue weighted by Gasteiger charge is -2.10. The van der Waals surface area contributed by atoms with Gasteiger partial charge in [-0.2, -0.15) is 0 Å². The lowest BCUT2D eigenvalue weighted by atomic mass is 10.3. The summed E-state index contributed by atoms with van der Waals surface area (Å²) in [4.78, 5) is 27.1. The quantitative estimate of drug-likeness (QED) is 0.607. The van der Waals surface area contributed by atoms with E-state index in [-0.39, 0.29) is 5.70 Å². The van der Waals surface area contributed by atoms with Crippen molar-refractivity contribution < 1.29 is 23.8 Å². The summed E-state index contributed by atoms with van der Waals surface area (Å²) in [5.41, 5.74) is 0.568. The van der Waals surface area contributed by atoms with Crippen molar-refractivity contribution in [2.45, 2.75) is 6.61 Å². The average molecular weight is 348 g/mol. The third-order valence-electron chi connectivity index (χ3n) is 2.85. The standard InChI is InChI=1S/C16H16N2O5S/c1-21-15(19)9-13(16(20)22-2)18-11-3-5-12(6-4-11)23-10-14-17-7-8-24-14/h3-9,18H,10H2,1-2H3/b13-9+. The summed E-state index contributed by atoms with van der Waals surface area (Å²) in [6, 6.07) is 6.91. The Morgan fingerprint density at radius 2 is 1.96 bits per heavy atom. The molecule has 0 fully saturated rings. The average Bonchev–Trinajstić information content (AvgIpc) is 3.13. The van der Waals surface area contributed by atoms with E-state index in [0.29, 0.717) is 18.0 Å². The van der Waals surface area contributed by atoms with Crippen molar-refractivity contribution in [2.75, 3.05) is 19.5 Å². The van der Waals surface area contributed by atoms with Gasteiger partial charge in [-0.05, 0) is 24.3 Å². The van der Waals surface area contributed by atoms with Crippen LogP contribution in [-0.4, -0.2) is 31.1 Å². The Labute approximate surface area is 142 Å². The largest absolute Gasteiger partial charge is 0.486 e. The number of carbonyl (C=O) groups is 2. The molecule has 1 aromatic heterocycles. The summed E-state index contributed by atoms with van der Waals surface area (Å²) in [5, 5.41) is 5.58. The first kappa shape index (κ1) is 17.5. The van der Waals surface area contributed by atoms with Gasteiger partial charge in [-0.25, -0.2) is 14.6 Å². The molecular formula is C16H16N2O5S. The minimum absolute atomic E-state index is 0.0270. The van der Waals surface area contributed by atoms with E-state index < -0.39 is 11.9 Å². The van der Waals surface area contributed by atoms with Crippen LogP contribution in [0.4, 0.5) is 5.69 Å². The third-order valence-corrected chi connectivity index (χ3v) is 3.60. The van der Waals surface area contributed by atoms with Gasteiger partial charge in [-0.1, -0.05) is 0 Å². The second-order valence-corrected chi connectivity index (χ2v) is 5.42. The molecule has 1 N–H and O–H groups in total. The smallest absolute Gasteiger partial charge is 0.354 e. The number of nitrogens with zero attached hydrogens (tertiary/aromatic N) is 1. The second kappa shape index (κ2) is 8.68. The second-order valence-electron chi connectivity index (χ2n) is 4.44. The van der Waals surface area contributed by atoms with Gasteiger partial charge in [0.15, 0.2) is 0 Å². The molecule has 1 heterocycles. The fourth-order valence-corrected chi connectivity index (χ4v) is 2.22. The predicted molar refractivity (Wildman–Crippen MR) is 88.6 cm³/mol. The zero-order valence-electron chi connectivity index (χ0n) is 13.1. The van der Waals surface area contributed by atoms with Crippen LogP contribution in [0.3, 0.4) is 0 Å². The van der Waals surface area contributed by atoms with E-state index in [0.717, 1.165) is 11.1 Å². The van der Waals surface area contributed by atoms with Crippen LogP contribution in [0.1, 0.15) is 5.01 Å². The van der Waals surface area contributed by atoms with E-state index in [2.05, 4.69) is 19.8 Å². The summed E-state index contributed by atoms with van der Waals surface area (Å²) in [7, 11) is 2.45. The number of nitrogens with one attached hydrogen (secondary N) is 1. The summed E-state index contributed by atoms with van der Waals surface area (Å²) in [6.07, 6.45) is 2.75. The van der Waals surface area contributed by atoms with Gasteiger partial charge in [-0.15, -0.1) is 11.3 Å². The van der Waals surface area contributed by atoms with Crippen LogP contribution < -0.4 is 10.1 Å². The van der Waals surface area contributed by atoms with Crippen LogP contribution in [0.5, 0.6) is 5.75 Å². The van der Waals surface area contributed by atoms with Crippen LogP contribution in [-0.2, 0) is 25.7 Å². The van der Waals surface area contributed by atoms with Gasteiger partial charge in [0, 0.05) is 17.3 Å². The van der Waals surface area contributed by atoms with E-state index in [1.165, 1.54) is 25.6 Å². The van der Waals surface area contributed by atoms with Crippen molar-refractivity contribution in [3.05, 3.63) is 52.6 Å². The molecule has 0 saturated carbocycles. The first-order valence-electron chi connectivity index (χ1n) is 6.88. The molecule has 1 aromatic carbocycles. The highest BCUT2D eigenvalue weighted by Gasteiger charge is 2.12. The maximum Gasteiger partial charge on any atom is 0.354 e. The fourth-order valence-electron chi connectivity index (χ4n) is 1.69. The molecule has 2 rings (SSSR count). The SMILES string of the molecule is COC(=O)/C=C(/Nc1ccc(OCc2nccs2)cc1)C(=O)OC. The number of thiazole rings is 1. The summed E-state index contributed by atoms with van der Waals surface area (Å²) < 4.78 is 14.7. The van der Waals surface area contributed by atoms with E-state index in [1.54, 1.807) is 30.5 Å². The minimum Gasteiger partial charge on any atom is -0.486 e. The van der Waals surface area contributed by atoms with Gasteiger partial charge >= 0.3 is 11.9 Å². The van der Waals surface area contributed by atoms with Gasteiger partial charge in [0.05, 0.1) is 20.3 Å². The molecule has 8 heteroatoms. The summed E-state index contributed by atoms with van der Waals surface area (Å²) in [6.45, 7) is 0.389. The van der Waals surface area contributed by atoms with Crippen molar-refractivity contribution in [1.29, 1.82) is 0 Å². The number of esters is 2. The maximum atomic E-state index is 11.7. The first-order chi connectivity index (χ1) is 11.6. The molecule has 0 atom stereocenters. The normalized spacial score (nSPS) is 10.8. The van der Waals surface area contributed by atoms with Crippen LogP contribution in [0.2, 0.25) is 0 Å². The van der Waals surface area contributed by atoms with Crippen molar-refractivity contribution in [2.24, 2.45) is 0 Å². The van der Waals surface area contributed by atoms with Gasteiger partial charge in [0.25, 0.3) is 0 Å². The lowest BCUT2D eigenvalue weighted by molar-refractivity contribution is -0.138. The highest BCUT2D eigenvalue weighted by molar-refractivity contribution is 7.09. The number of carbonyl (C=O) groups excluding carboxylic acids is 2. The number of benzene rings is 1. The summed E-state index contributed by atoms with van der Waals surface area (Å²) in [5.74, 6) is -0.678. The zero-order chi connectivity index (χ0) is 17.4. The Morgan fingerprint density at radius 3 is 2.54 bits per heavy atom. The van der Waals surface area contributed by atoms with Gasteiger partial charge in [0.1, 0.15) is 23.1 Å². The Morgan fingerprint density at radius 1 is 1.21 bits per heavy atom. The molecule has 0 amide bonds. The molecule has 0 bridgehead atoms. The molecule has 24 heavy (non-hydrogen) atoms. The Bertz CT molecular complexity index is 711. The minimum atomic E-state index is -0.676. The third kappa shape index (κ3) is 5.10. The molecule has 0 aliphatic rings. The van der Waals surface area contributed by atoms with E-state index in [9.17, 15) is 9.59 Å². The number of rotatable bonds is 7. The number of hydrogen-bond donors (Lipinski definition) is 1. The van der Waals surface area contributed by atoms with E-state index in [4.69, 9.17) is 4.74 Å². The molecular weight excluding hydrogens is 332 g/mol. The number of methoxy groups -OCH3 is 2. The van der Waals surface area contributed by atoms with Crippen LogP contribution in [0.25, 0.3) is 0 Å². The summed E-state index contributed by atoms with van der Waals surface area (Å²) >= 11 is 1.52. The predicted octanol–water partition coefficient (Wildman–Crippen LogP) is 2.36. The molecule has 7 nitrogen and oxygen atoms in total. The first-order valence-corrected chi connectivity index (χ1v) is 7.76. The van der Waals surface area contributed by atoms with Crippen LogP contribution >= 0.6 is 11.3 Å². The molecule has 0 saturated heterocycles. The molecule has 0 aliphatic heterocycles. The van der Waals surface area contributed by atoms with E-state index in [1.807, 2.05) is 5.38 Å². The van der Waals surface area contributed by atoms with Gasteiger partial charge < -0.3 is 19.5 Å². The van der Waals surface area contributed by atoms with Crippen molar-refractivity contribution in [1.82, 2.24) is 4.98 Å². The highest BCUT2D eigenvalue weighted by Crippen LogP contribution is 2.19. The number of anilines is 1.